The molecule has 0 unspecified atom stereocenters. The monoisotopic (exact) mass is 183 g/mol. The summed E-state index contributed by atoms with van der Waals surface area (Å²) < 4.78 is 0. The Morgan fingerprint density at radius 1 is 1.38 bits per heavy atom. The van der Waals surface area contributed by atoms with Crippen molar-refractivity contribution >= 4 is 5.91 Å². The van der Waals surface area contributed by atoms with Crippen molar-refractivity contribution in [1.82, 2.24) is 4.90 Å². The Hall–Kier alpha value is -0.530. The van der Waals surface area contributed by atoms with Crippen LogP contribution in [-0.2, 0) is 4.79 Å². The van der Waals surface area contributed by atoms with Gasteiger partial charge in [-0.25, -0.2) is 0 Å². The zero-order valence-corrected chi connectivity index (χ0v) is 8.88. The van der Waals surface area contributed by atoms with Crippen LogP contribution in [0.25, 0.3) is 0 Å². The molecule has 0 aromatic heterocycles. The lowest BCUT2D eigenvalue weighted by Gasteiger charge is -2.19. The van der Waals surface area contributed by atoms with Gasteiger partial charge in [-0.2, -0.15) is 0 Å². The predicted molar refractivity (Wildman–Crippen MR) is 54.6 cm³/mol. The highest BCUT2D eigenvalue weighted by atomic mass is 16.2. The van der Waals surface area contributed by atoms with Crippen molar-refractivity contribution < 1.29 is 4.79 Å². The van der Waals surface area contributed by atoms with Gasteiger partial charge in [0.15, 0.2) is 0 Å². The Bertz CT molecular complexity index is 167. The van der Waals surface area contributed by atoms with Crippen molar-refractivity contribution in [2.24, 2.45) is 0 Å². The average Bonchev–Trinajstić information content (AvgIpc) is 2.43. The fourth-order valence-corrected chi connectivity index (χ4v) is 2.01. The number of unbranched alkanes of at least 4 members (excludes halogenated alkanes) is 3. The summed E-state index contributed by atoms with van der Waals surface area (Å²) in [5, 5.41) is 0. The van der Waals surface area contributed by atoms with Gasteiger partial charge in [0.1, 0.15) is 0 Å². The Morgan fingerprint density at radius 3 is 2.69 bits per heavy atom. The minimum Gasteiger partial charge on any atom is -0.343 e. The van der Waals surface area contributed by atoms with Gasteiger partial charge < -0.3 is 4.90 Å². The second-order valence-electron chi connectivity index (χ2n) is 4.05. The van der Waals surface area contributed by atoms with Crippen molar-refractivity contribution in [3.63, 3.8) is 0 Å². The molecule has 0 bridgehead atoms. The Morgan fingerprint density at radius 2 is 2.15 bits per heavy atom. The number of nitrogens with zero attached hydrogens (tertiary/aromatic N) is 1. The van der Waals surface area contributed by atoms with Gasteiger partial charge in [0, 0.05) is 19.5 Å². The second kappa shape index (κ2) is 5.25. The average molecular weight is 183 g/mol. The number of rotatable bonds is 5. The van der Waals surface area contributed by atoms with Crippen LogP contribution >= 0.6 is 0 Å². The van der Waals surface area contributed by atoms with E-state index in [1.165, 1.54) is 32.1 Å². The third-order valence-corrected chi connectivity index (χ3v) is 3.02. The summed E-state index contributed by atoms with van der Waals surface area (Å²) >= 11 is 0. The molecule has 1 rings (SSSR count). The zero-order valence-electron chi connectivity index (χ0n) is 8.88. The maximum absolute atomic E-state index is 11.2. The highest BCUT2D eigenvalue weighted by molar-refractivity contribution is 5.78. The third-order valence-electron chi connectivity index (χ3n) is 3.02. The summed E-state index contributed by atoms with van der Waals surface area (Å²) in [6.07, 6.45) is 8.31. The van der Waals surface area contributed by atoms with Crippen LogP contribution in [0.2, 0.25) is 0 Å². The maximum Gasteiger partial charge on any atom is 0.222 e. The first-order valence-electron chi connectivity index (χ1n) is 5.51. The highest BCUT2D eigenvalue weighted by Crippen LogP contribution is 2.21. The lowest BCUT2D eigenvalue weighted by atomic mass is 10.1. The summed E-state index contributed by atoms with van der Waals surface area (Å²) in [7, 11) is 1.94. The van der Waals surface area contributed by atoms with Gasteiger partial charge in [0.05, 0.1) is 0 Å². The van der Waals surface area contributed by atoms with Gasteiger partial charge in [0.2, 0.25) is 5.91 Å². The number of hydrogen-bond acceptors (Lipinski definition) is 1. The van der Waals surface area contributed by atoms with Gasteiger partial charge in [-0.3, -0.25) is 4.79 Å². The molecule has 2 heteroatoms. The van der Waals surface area contributed by atoms with E-state index >= 15 is 0 Å². The van der Waals surface area contributed by atoms with E-state index in [1.54, 1.807) is 0 Å². The van der Waals surface area contributed by atoms with E-state index < -0.39 is 0 Å². The SMILES string of the molecule is CCCCCC[C@H]1CCC(=O)N1C. The van der Waals surface area contributed by atoms with Crippen molar-refractivity contribution in [2.45, 2.75) is 57.9 Å². The van der Waals surface area contributed by atoms with Crippen LogP contribution in [0.3, 0.4) is 0 Å². The van der Waals surface area contributed by atoms with Crippen molar-refractivity contribution in [3.8, 4) is 0 Å². The molecule has 0 aromatic rings. The molecule has 0 saturated carbocycles. The quantitative estimate of drug-likeness (QED) is 0.600. The van der Waals surface area contributed by atoms with E-state index in [0.717, 1.165) is 12.8 Å². The van der Waals surface area contributed by atoms with Crippen molar-refractivity contribution in [1.29, 1.82) is 0 Å². The lowest BCUT2D eigenvalue weighted by Crippen LogP contribution is -2.28. The molecule has 1 heterocycles. The molecule has 1 amide bonds. The molecule has 0 spiro atoms. The Balaban J connectivity index is 2.11. The first-order valence-corrected chi connectivity index (χ1v) is 5.51. The van der Waals surface area contributed by atoms with Crippen LogP contribution in [-0.4, -0.2) is 23.9 Å². The summed E-state index contributed by atoms with van der Waals surface area (Å²) in [6.45, 7) is 2.23. The molecule has 1 atom stereocenters. The van der Waals surface area contributed by atoms with Crippen LogP contribution in [0.15, 0.2) is 0 Å². The van der Waals surface area contributed by atoms with Crippen LogP contribution in [0.5, 0.6) is 0 Å². The van der Waals surface area contributed by atoms with Gasteiger partial charge in [-0.15, -0.1) is 0 Å². The first-order chi connectivity index (χ1) is 6.25. The molecule has 1 saturated heterocycles. The Labute approximate surface area is 81.3 Å². The number of hydrogen-bond donors (Lipinski definition) is 0. The number of amides is 1. The normalized spacial score (nSPS) is 22.8. The van der Waals surface area contributed by atoms with Crippen LogP contribution in [0.1, 0.15) is 51.9 Å². The van der Waals surface area contributed by atoms with E-state index in [-0.39, 0.29) is 0 Å². The topological polar surface area (TPSA) is 20.3 Å². The van der Waals surface area contributed by atoms with E-state index in [2.05, 4.69) is 6.92 Å². The molecule has 1 aliphatic rings. The minimum atomic E-state index is 0.334. The molecule has 13 heavy (non-hydrogen) atoms. The summed E-state index contributed by atoms with van der Waals surface area (Å²) in [5.41, 5.74) is 0. The molecule has 2 nitrogen and oxygen atoms in total. The van der Waals surface area contributed by atoms with Crippen molar-refractivity contribution in [3.05, 3.63) is 0 Å². The minimum absolute atomic E-state index is 0.334. The van der Waals surface area contributed by atoms with Crippen LogP contribution in [0.4, 0.5) is 0 Å². The van der Waals surface area contributed by atoms with E-state index in [4.69, 9.17) is 0 Å². The first kappa shape index (κ1) is 10.6. The lowest BCUT2D eigenvalue weighted by molar-refractivity contribution is -0.127. The molecule has 1 aliphatic heterocycles. The predicted octanol–water partition coefficient (Wildman–Crippen LogP) is 2.58. The summed E-state index contributed by atoms with van der Waals surface area (Å²) in [6, 6.07) is 0.546. The fraction of sp³-hybridized carbons (Fsp3) is 0.909. The fourth-order valence-electron chi connectivity index (χ4n) is 2.01. The number of carbonyl (C=O) groups excluding carboxylic acids is 1. The van der Waals surface area contributed by atoms with E-state index in [1.807, 2.05) is 11.9 Å². The molecule has 76 valence electrons. The zero-order chi connectivity index (χ0) is 9.68. The molecule has 0 N–H and O–H groups in total. The van der Waals surface area contributed by atoms with Gasteiger partial charge in [-0.05, 0) is 12.8 Å². The largest absolute Gasteiger partial charge is 0.343 e. The number of likely N-dealkylation sites (tertiary alicyclic amines) is 1. The molecule has 0 aliphatic carbocycles. The van der Waals surface area contributed by atoms with Crippen LogP contribution in [0, 0.1) is 0 Å². The molecule has 0 radical (unpaired) electrons. The molecular formula is C11H21NO. The van der Waals surface area contributed by atoms with E-state index in [0.29, 0.717) is 11.9 Å². The molecule has 1 fully saturated rings. The van der Waals surface area contributed by atoms with Crippen LogP contribution < -0.4 is 0 Å². The summed E-state index contributed by atoms with van der Waals surface area (Å²) in [4.78, 5) is 13.1. The number of carbonyl (C=O) groups is 1. The van der Waals surface area contributed by atoms with E-state index in [9.17, 15) is 4.79 Å². The smallest absolute Gasteiger partial charge is 0.222 e. The van der Waals surface area contributed by atoms with Gasteiger partial charge >= 0.3 is 0 Å². The highest BCUT2D eigenvalue weighted by Gasteiger charge is 2.26. The standard InChI is InChI=1S/C11H21NO/c1-3-4-5-6-7-10-8-9-11(13)12(10)2/h10H,3-9H2,1-2H3/t10-/m0/s1. The van der Waals surface area contributed by atoms with Gasteiger partial charge in [-0.1, -0.05) is 32.6 Å². The molecular weight excluding hydrogens is 162 g/mol. The third kappa shape index (κ3) is 3.02. The Kier molecular flexibility index (Phi) is 4.26. The second-order valence-corrected chi connectivity index (χ2v) is 4.05. The maximum atomic E-state index is 11.2. The molecule has 0 aromatic carbocycles. The summed E-state index contributed by atoms with van der Waals surface area (Å²) in [5.74, 6) is 0.334. The van der Waals surface area contributed by atoms with Gasteiger partial charge in [0.25, 0.3) is 0 Å². The van der Waals surface area contributed by atoms with Crippen molar-refractivity contribution in [2.75, 3.05) is 7.05 Å².